The van der Waals surface area contributed by atoms with Gasteiger partial charge in [-0.15, -0.1) is 0 Å². The second-order valence-corrected chi connectivity index (χ2v) is 19.3. The van der Waals surface area contributed by atoms with Gasteiger partial charge in [0.05, 0.1) is 25.4 Å². The van der Waals surface area contributed by atoms with Crippen LogP contribution in [0.4, 0.5) is 0 Å². The highest BCUT2D eigenvalue weighted by Crippen LogP contribution is 2.16. The molecule has 0 aliphatic carbocycles. The van der Waals surface area contributed by atoms with Crippen LogP contribution < -0.4 is 5.32 Å². The first-order valence-corrected chi connectivity index (χ1v) is 28.4. The SMILES string of the molecule is CCCCCC/C=C\CCCCCCCC(=O)OCCCCCCCC/C=C\C/C=C\CCC(=O)NC(CO)C(O)/C=C/CCCCCCCCCCCCCCCCCCCCCC. The number of hydrogen-bond donors (Lipinski definition) is 3. The number of ether oxygens (including phenoxy) is 1. The van der Waals surface area contributed by atoms with Gasteiger partial charge in [-0.3, -0.25) is 9.59 Å². The van der Waals surface area contributed by atoms with E-state index >= 15 is 0 Å². The van der Waals surface area contributed by atoms with Crippen molar-refractivity contribution in [1.82, 2.24) is 5.32 Å². The molecule has 0 rings (SSSR count). The minimum Gasteiger partial charge on any atom is -0.466 e. The van der Waals surface area contributed by atoms with Gasteiger partial charge in [-0.1, -0.05) is 249 Å². The summed E-state index contributed by atoms with van der Waals surface area (Å²) < 4.78 is 5.44. The zero-order chi connectivity index (χ0) is 47.2. The number of amides is 1. The lowest BCUT2D eigenvalue weighted by atomic mass is 10.0. The molecule has 0 radical (unpaired) electrons. The quantitative estimate of drug-likeness (QED) is 0.0321. The van der Waals surface area contributed by atoms with Gasteiger partial charge in [-0.05, 0) is 77.0 Å². The van der Waals surface area contributed by atoms with Gasteiger partial charge in [0.15, 0.2) is 0 Å². The minimum absolute atomic E-state index is 0.0280. The van der Waals surface area contributed by atoms with E-state index in [1.54, 1.807) is 6.08 Å². The Balaban J connectivity index is 3.59. The van der Waals surface area contributed by atoms with Crippen molar-refractivity contribution >= 4 is 11.9 Å². The fourth-order valence-electron chi connectivity index (χ4n) is 8.44. The fourth-order valence-corrected chi connectivity index (χ4v) is 8.44. The molecule has 0 fully saturated rings. The molecule has 0 bridgehead atoms. The maximum absolute atomic E-state index is 12.4. The number of allylic oxidation sites excluding steroid dienone is 7. The molecule has 0 aliphatic rings. The van der Waals surface area contributed by atoms with E-state index in [1.165, 1.54) is 205 Å². The summed E-state index contributed by atoms with van der Waals surface area (Å²) in [6.45, 7) is 4.83. The number of rotatable bonds is 52. The normalized spacial score (nSPS) is 13.0. The standard InChI is InChI=1S/C59H109NO5/c1-3-5-7-9-11-13-15-17-18-19-20-21-22-23-24-25-28-31-35-39-43-47-51-57(62)56(55-61)60-58(63)52-48-44-40-36-32-29-26-30-34-38-42-46-50-54-65-59(64)53-49-45-41-37-33-27-16-14-12-10-8-6-4-2/h14,16,29,32,40,44,47,51,56-57,61-62H,3-13,15,17-28,30-31,33-39,41-43,45-46,48-50,52-55H2,1-2H3,(H,60,63)/b16-14-,32-29-,44-40-,51-47+. The van der Waals surface area contributed by atoms with Crippen LogP contribution in [0.5, 0.6) is 0 Å². The van der Waals surface area contributed by atoms with Crippen molar-refractivity contribution in [3.8, 4) is 0 Å². The Bertz CT molecular complexity index is 1100. The molecule has 0 heterocycles. The van der Waals surface area contributed by atoms with E-state index in [2.05, 4.69) is 49.5 Å². The van der Waals surface area contributed by atoms with Gasteiger partial charge < -0.3 is 20.3 Å². The number of carbonyl (C=O) groups excluding carboxylic acids is 2. The summed E-state index contributed by atoms with van der Waals surface area (Å²) in [6, 6.07) is -0.674. The van der Waals surface area contributed by atoms with Crippen molar-refractivity contribution in [3.63, 3.8) is 0 Å². The van der Waals surface area contributed by atoms with E-state index in [-0.39, 0.29) is 18.5 Å². The topological polar surface area (TPSA) is 95.9 Å². The number of aliphatic hydroxyl groups excluding tert-OH is 2. The van der Waals surface area contributed by atoms with Gasteiger partial charge in [-0.25, -0.2) is 0 Å². The molecular weight excluding hydrogens is 803 g/mol. The van der Waals surface area contributed by atoms with Crippen LogP contribution in [0.3, 0.4) is 0 Å². The largest absolute Gasteiger partial charge is 0.466 e. The summed E-state index contributed by atoms with van der Waals surface area (Å²) in [5, 5.41) is 23.1. The molecule has 3 N–H and O–H groups in total. The van der Waals surface area contributed by atoms with Gasteiger partial charge in [0, 0.05) is 12.8 Å². The molecule has 6 heteroatoms. The lowest BCUT2D eigenvalue weighted by Crippen LogP contribution is -2.45. The van der Waals surface area contributed by atoms with E-state index in [0.717, 1.165) is 51.4 Å². The molecule has 0 spiro atoms. The zero-order valence-corrected chi connectivity index (χ0v) is 43.2. The van der Waals surface area contributed by atoms with Crippen LogP contribution >= 0.6 is 0 Å². The Morgan fingerprint density at radius 3 is 1.23 bits per heavy atom. The fraction of sp³-hybridized carbons (Fsp3) is 0.831. The van der Waals surface area contributed by atoms with Gasteiger partial charge in [0.2, 0.25) is 5.91 Å². The molecular formula is C59H109NO5. The zero-order valence-electron chi connectivity index (χ0n) is 43.2. The first kappa shape index (κ1) is 62.8. The van der Waals surface area contributed by atoms with Crippen LogP contribution in [0.1, 0.15) is 290 Å². The highest BCUT2D eigenvalue weighted by molar-refractivity contribution is 5.76. The third kappa shape index (κ3) is 51.1. The second-order valence-electron chi connectivity index (χ2n) is 19.3. The van der Waals surface area contributed by atoms with Crippen LogP contribution in [-0.2, 0) is 14.3 Å². The van der Waals surface area contributed by atoms with Crippen LogP contribution in [0.15, 0.2) is 48.6 Å². The van der Waals surface area contributed by atoms with E-state index < -0.39 is 12.1 Å². The van der Waals surface area contributed by atoms with Gasteiger partial charge >= 0.3 is 5.97 Å². The molecule has 0 aliphatic heterocycles. The van der Waals surface area contributed by atoms with Crippen molar-refractivity contribution in [1.29, 1.82) is 0 Å². The molecule has 380 valence electrons. The molecule has 0 saturated carbocycles. The molecule has 2 unspecified atom stereocenters. The average molecular weight is 913 g/mol. The van der Waals surface area contributed by atoms with Crippen molar-refractivity contribution in [3.05, 3.63) is 48.6 Å². The molecule has 2 atom stereocenters. The first-order chi connectivity index (χ1) is 32.0. The van der Waals surface area contributed by atoms with Crippen LogP contribution in [0, 0.1) is 0 Å². The number of unbranched alkanes of at least 4 members (excludes halogenated alkanes) is 35. The summed E-state index contributed by atoms with van der Waals surface area (Å²) in [7, 11) is 0. The molecule has 0 saturated heterocycles. The summed E-state index contributed by atoms with van der Waals surface area (Å²) in [5.41, 5.74) is 0. The number of esters is 1. The van der Waals surface area contributed by atoms with Crippen LogP contribution in [0.25, 0.3) is 0 Å². The monoisotopic (exact) mass is 912 g/mol. The minimum atomic E-state index is -0.881. The second kappa shape index (κ2) is 54.4. The lowest BCUT2D eigenvalue weighted by Gasteiger charge is -2.19. The van der Waals surface area contributed by atoms with E-state index in [4.69, 9.17) is 4.74 Å². The summed E-state index contributed by atoms with van der Waals surface area (Å²) in [5.74, 6) is -0.176. The molecule has 0 aromatic carbocycles. The van der Waals surface area contributed by atoms with Crippen molar-refractivity contribution in [2.45, 2.75) is 302 Å². The summed E-state index contributed by atoms with van der Waals surface area (Å²) in [6.07, 6.45) is 68.6. The van der Waals surface area contributed by atoms with E-state index in [9.17, 15) is 19.8 Å². The lowest BCUT2D eigenvalue weighted by molar-refractivity contribution is -0.143. The third-order valence-corrected chi connectivity index (χ3v) is 12.8. The summed E-state index contributed by atoms with van der Waals surface area (Å²) >= 11 is 0. The van der Waals surface area contributed by atoms with Crippen molar-refractivity contribution in [2.75, 3.05) is 13.2 Å². The Kier molecular flexibility index (Phi) is 52.6. The maximum Gasteiger partial charge on any atom is 0.305 e. The smallest absolute Gasteiger partial charge is 0.305 e. The number of nitrogens with one attached hydrogen (secondary N) is 1. The Morgan fingerprint density at radius 2 is 0.785 bits per heavy atom. The molecule has 6 nitrogen and oxygen atoms in total. The van der Waals surface area contributed by atoms with Crippen LogP contribution in [-0.4, -0.2) is 47.4 Å². The predicted molar refractivity (Wildman–Crippen MR) is 282 cm³/mol. The van der Waals surface area contributed by atoms with Crippen molar-refractivity contribution in [2.24, 2.45) is 0 Å². The van der Waals surface area contributed by atoms with Gasteiger partial charge in [0.1, 0.15) is 0 Å². The van der Waals surface area contributed by atoms with Crippen molar-refractivity contribution < 1.29 is 24.5 Å². The molecule has 0 aromatic rings. The number of aliphatic hydroxyl groups is 2. The number of hydrogen-bond acceptors (Lipinski definition) is 5. The van der Waals surface area contributed by atoms with Gasteiger partial charge in [0.25, 0.3) is 0 Å². The van der Waals surface area contributed by atoms with Crippen LogP contribution in [0.2, 0.25) is 0 Å². The Morgan fingerprint density at radius 1 is 0.431 bits per heavy atom. The predicted octanol–water partition coefficient (Wildman–Crippen LogP) is 17.4. The van der Waals surface area contributed by atoms with E-state index in [1.807, 2.05) is 12.2 Å². The summed E-state index contributed by atoms with van der Waals surface area (Å²) in [4.78, 5) is 24.4. The van der Waals surface area contributed by atoms with Gasteiger partial charge in [-0.2, -0.15) is 0 Å². The third-order valence-electron chi connectivity index (χ3n) is 12.8. The first-order valence-electron chi connectivity index (χ1n) is 28.4. The highest BCUT2D eigenvalue weighted by Gasteiger charge is 2.17. The maximum atomic E-state index is 12.4. The number of carbonyl (C=O) groups is 2. The molecule has 1 amide bonds. The van der Waals surface area contributed by atoms with E-state index in [0.29, 0.717) is 25.9 Å². The average Bonchev–Trinajstić information content (AvgIpc) is 3.31. The molecule has 65 heavy (non-hydrogen) atoms. The molecule has 0 aromatic heterocycles. The highest BCUT2D eigenvalue weighted by atomic mass is 16.5. The Hall–Kier alpha value is -2.18. The Labute approximate surface area is 404 Å².